The molecule has 0 bridgehead atoms. The Labute approximate surface area is 116 Å². The molecule has 0 amide bonds. The number of aliphatic hydroxyl groups excluding tert-OH is 1. The standard InChI is InChI=1S/C15H27N3O/c1-5-18-10-9-16-14(18)13(19)15(17(3)4)8-6-7-12(2)11-15/h9-10,12-13,19H,5-8,11H2,1-4H3. The molecule has 3 atom stereocenters. The molecule has 2 rings (SSSR count). The van der Waals surface area contributed by atoms with Crippen LogP contribution in [0.2, 0.25) is 0 Å². The Kier molecular flexibility index (Phi) is 4.31. The van der Waals surface area contributed by atoms with Crippen LogP contribution in [0.25, 0.3) is 0 Å². The first-order valence-electron chi connectivity index (χ1n) is 7.37. The quantitative estimate of drug-likeness (QED) is 0.909. The molecule has 0 aromatic carbocycles. The maximum Gasteiger partial charge on any atom is 0.139 e. The van der Waals surface area contributed by atoms with E-state index in [1.165, 1.54) is 12.8 Å². The summed E-state index contributed by atoms with van der Waals surface area (Å²) in [7, 11) is 4.17. The first-order valence-corrected chi connectivity index (χ1v) is 7.37. The second-order valence-electron chi connectivity index (χ2n) is 6.17. The summed E-state index contributed by atoms with van der Waals surface area (Å²) in [5.41, 5.74) is -0.171. The second-order valence-corrected chi connectivity index (χ2v) is 6.17. The molecule has 1 saturated carbocycles. The van der Waals surface area contributed by atoms with E-state index in [0.717, 1.165) is 25.2 Å². The molecule has 1 aliphatic rings. The van der Waals surface area contributed by atoms with Crippen molar-refractivity contribution in [1.29, 1.82) is 0 Å². The molecular weight excluding hydrogens is 238 g/mol. The van der Waals surface area contributed by atoms with Crippen molar-refractivity contribution in [2.75, 3.05) is 14.1 Å². The largest absolute Gasteiger partial charge is 0.383 e. The summed E-state index contributed by atoms with van der Waals surface area (Å²) >= 11 is 0. The van der Waals surface area contributed by atoms with Gasteiger partial charge in [0.05, 0.1) is 5.54 Å². The van der Waals surface area contributed by atoms with Crippen LogP contribution in [-0.4, -0.2) is 39.2 Å². The minimum atomic E-state index is -0.514. The predicted octanol–water partition coefficient (Wildman–Crippen LogP) is 2.45. The number of likely N-dealkylation sites (N-methyl/N-ethyl adjacent to an activating group) is 1. The van der Waals surface area contributed by atoms with Crippen molar-refractivity contribution in [3.05, 3.63) is 18.2 Å². The first kappa shape index (κ1) is 14.5. The molecule has 4 heteroatoms. The van der Waals surface area contributed by atoms with Crippen molar-refractivity contribution in [3.63, 3.8) is 0 Å². The van der Waals surface area contributed by atoms with Gasteiger partial charge < -0.3 is 14.6 Å². The van der Waals surface area contributed by atoms with Crippen LogP contribution in [0.3, 0.4) is 0 Å². The highest BCUT2D eigenvalue weighted by atomic mass is 16.3. The van der Waals surface area contributed by atoms with Gasteiger partial charge in [-0.15, -0.1) is 0 Å². The molecule has 1 heterocycles. The number of aryl methyl sites for hydroxylation is 1. The van der Waals surface area contributed by atoms with Gasteiger partial charge in [0.1, 0.15) is 11.9 Å². The van der Waals surface area contributed by atoms with Crippen molar-refractivity contribution in [3.8, 4) is 0 Å². The number of hydrogen-bond acceptors (Lipinski definition) is 3. The fourth-order valence-electron chi connectivity index (χ4n) is 3.54. The maximum absolute atomic E-state index is 11.0. The van der Waals surface area contributed by atoms with Crippen LogP contribution < -0.4 is 0 Å². The van der Waals surface area contributed by atoms with E-state index in [-0.39, 0.29) is 5.54 Å². The van der Waals surface area contributed by atoms with Gasteiger partial charge in [0.2, 0.25) is 0 Å². The SMILES string of the molecule is CCn1ccnc1C(O)C1(N(C)C)CCCC(C)C1. The molecule has 0 saturated heterocycles. The lowest BCUT2D eigenvalue weighted by atomic mass is 9.72. The lowest BCUT2D eigenvalue weighted by Crippen LogP contribution is -2.52. The summed E-state index contributed by atoms with van der Waals surface area (Å²) < 4.78 is 2.05. The zero-order valence-electron chi connectivity index (χ0n) is 12.6. The summed E-state index contributed by atoms with van der Waals surface area (Å²) in [5, 5.41) is 11.0. The van der Waals surface area contributed by atoms with E-state index in [4.69, 9.17) is 0 Å². The van der Waals surface area contributed by atoms with Gasteiger partial charge in [0, 0.05) is 18.9 Å². The number of aromatic nitrogens is 2. The monoisotopic (exact) mass is 265 g/mol. The molecule has 0 radical (unpaired) electrons. The van der Waals surface area contributed by atoms with Gasteiger partial charge >= 0.3 is 0 Å². The molecular formula is C15H27N3O. The summed E-state index contributed by atoms with van der Waals surface area (Å²) in [4.78, 5) is 6.61. The van der Waals surface area contributed by atoms with Crippen LogP contribution in [0.15, 0.2) is 12.4 Å². The van der Waals surface area contributed by atoms with Gasteiger partial charge in [0.15, 0.2) is 0 Å². The van der Waals surface area contributed by atoms with Crippen LogP contribution in [0.1, 0.15) is 51.5 Å². The minimum Gasteiger partial charge on any atom is -0.383 e. The van der Waals surface area contributed by atoms with Crippen LogP contribution in [-0.2, 0) is 6.54 Å². The van der Waals surface area contributed by atoms with Crippen LogP contribution in [0.5, 0.6) is 0 Å². The van der Waals surface area contributed by atoms with Gasteiger partial charge in [-0.25, -0.2) is 4.98 Å². The Morgan fingerprint density at radius 3 is 2.89 bits per heavy atom. The Hall–Kier alpha value is -0.870. The Morgan fingerprint density at radius 1 is 1.58 bits per heavy atom. The normalized spacial score (nSPS) is 29.7. The number of aliphatic hydroxyl groups is 1. The Balaban J connectivity index is 2.33. The van der Waals surface area contributed by atoms with E-state index in [2.05, 4.69) is 42.4 Å². The van der Waals surface area contributed by atoms with Crippen LogP contribution >= 0.6 is 0 Å². The van der Waals surface area contributed by atoms with E-state index in [1.807, 2.05) is 6.20 Å². The molecule has 108 valence electrons. The van der Waals surface area contributed by atoms with Crippen molar-refractivity contribution in [2.45, 2.75) is 57.7 Å². The first-order chi connectivity index (χ1) is 9.01. The van der Waals surface area contributed by atoms with Gasteiger partial charge in [-0.3, -0.25) is 0 Å². The van der Waals surface area contributed by atoms with Crippen molar-refractivity contribution in [1.82, 2.24) is 14.5 Å². The van der Waals surface area contributed by atoms with E-state index >= 15 is 0 Å². The van der Waals surface area contributed by atoms with Crippen LogP contribution in [0, 0.1) is 5.92 Å². The number of rotatable bonds is 4. The number of nitrogens with zero attached hydrogens (tertiary/aromatic N) is 3. The average molecular weight is 265 g/mol. The van der Waals surface area contributed by atoms with Gasteiger partial charge in [-0.2, -0.15) is 0 Å². The zero-order chi connectivity index (χ0) is 14.0. The third-order valence-electron chi connectivity index (χ3n) is 4.74. The third-order valence-corrected chi connectivity index (χ3v) is 4.74. The highest BCUT2D eigenvalue weighted by Crippen LogP contribution is 2.43. The van der Waals surface area contributed by atoms with Gasteiger partial charge in [-0.1, -0.05) is 19.8 Å². The molecule has 0 spiro atoms. The summed E-state index contributed by atoms with van der Waals surface area (Å²) in [6.07, 6.45) is 7.76. The second kappa shape index (κ2) is 5.63. The topological polar surface area (TPSA) is 41.3 Å². The smallest absolute Gasteiger partial charge is 0.139 e. The minimum absolute atomic E-state index is 0.171. The van der Waals surface area contributed by atoms with Crippen molar-refractivity contribution >= 4 is 0 Å². The van der Waals surface area contributed by atoms with Crippen molar-refractivity contribution < 1.29 is 5.11 Å². The maximum atomic E-state index is 11.0. The van der Waals surface area contributed by atoms with E-state index in [0.29, 0.717) is 5.92 Å². The molecule has 1 fully saturated rings. The lowest BCUT2D eigenvalue weighted by molar-refractivity contribution is -0.0507. The fourth-order valence-corrected chi connectivity index (χ4v) is 3.54. The van der Waals surface area contributed by atoms with E-state index in [1.54, 1.807) is 6.20 Å². The zero-order valence-corrected chi connectivity index (χ0v) is 12.6. The summed E-state index contributed by atoms with van der Waals surface area (Å²) in [6.45, 7) is 5.23. The highest BCUT2D eigenvalue weighted by molar-refractivity contribution is 5.09. The lowest BCUT2D eigenvalue weighted by Gasteiger charge is -2.47. The molecule has 1 aliphatic carbocycles. The molecule has 1 aromatic heterocycles. The van der Waals surface area contributed by atoms with E-state index < -0.39 is 6.10 Å². The summed E-state index contributed by atoms with van der Waals surface area (Å²) in [5.74, 6) is 1.47. The Bertz CT molecular complexity index is 415. The Morgan fingerprint density at radius 2 is 2.32 bits per heavy atom. The number of hydrogen-bond donors (Lipinski definition) is 1. The molecule has 19 heavy (non-hydrogen) atoms. The van der Waals surface area contributed by atoms with Gasteiger partial charge in [0.25, 0.3) is 0 Å². The van der Waals surface area contributed by atoms with Gasteiger partial charge in [-0.05, 0) is 39.8 Å². The molecule has 4 nitrogen and oxygen atoms in total. The molecule has 1 N–H and O–H groups in total. The third kappa shape index (κ3) is 2.56. The molecule has 3 unspecified atom stereocenters. The van der Waals surface area contributed by atoms with Crippen LogP contribution in [0.4, 0.5) is 0 Å². The fraction of sp³-hybridized carbons (Fsp3) is 0.800. The number of imidazole rings is 1. The predicted molar refractivity (Wildman–Crippen MR) is 76.9 cm³/mol. The average Bonchev–Trinajstić information content (AvgIpc) is 2.85. The van der Waals surface area contributed by atoms with E-state index in [9.17, 15) is 5.11 Å². The van der Waals surface area contributed by atoms with Crippen molar-refractivity contribution in [2.24, 2.45) is 5.92 Å². The highest BCUT2D eigenvalue weighted by Gasteiger charge is 2.45. The molecule has 0 aliphatic heterocycles. The summed E-state index contributed by atoms with van der Waals surface area (Å²) in [6, 6.07) is 0. The molecule has 1 aromatic rings.